The number of fused-ring (bicyclic) bond motifs is 3. The second kappa shape index (κ2) is 9.24. The van der Waals surface area contributed by atoms with Gasteiger partial charge in [-0.25, -0.2) is 4.39 Å². The number of hydrogen-bond donors (Lipinski definition) is 1. The third-order valence-electron chi connectivity index (χ3n) is 6.33. The Balaban J connectivity index is 1.59. The Morgan fingerprint density at radius 1 is 1.22 bits per heavy atom. The Morgan fingerprint density at radius 2 is 1.97 bits per heavy atom. The molecule has 0 radical (unpaired) electrons. The summed E-state index contributed by atoms with van der Waals surface area (Å²) in [7, 11) is 0. The fraction of sp³-hybridized carbons (Fsp3) is 0.458. The molecule has 0 spiro atoms. The maximum Gasteiger partial charge on any atom is 0.269 e. The number of carbonyl (C=O) groups is 1. The number of nitro groups is 1. The Kier molecular flexibility index (Phi) is 6.41. The SMILES string of the molecule is CC(C)CNC(=O)C1Cc2cc([N+](=O)[O-])ccc2N2CCN(Cc3ccc(F)cc3)CC12. The van der Waals surface area contributed by atoms with Crippen LogP contribution in [-0.2, 0) is 17.8 Å². The summed E-state index contributed by atoms with van der Waals surface area (Å²) in [5, 5.41) is 14.3. The van der Waals surface area contributed by atoms with Gasteiger partial charge in [0.05, 0.1) is 16.9 Å². The second-order valence-corrected chi connectivity index (χ2v) is 9.14. The van der Waals surface area contributed by atoms with Crippen LogP contribution < -0.4 is 10.2 Å². The average molecular weight is 441 g/mol. The molecule has 170 valence electrons. The van der Waals surface area contributed by atoms with Crippen molar-refractivity contribution in [2.24, 2.45) is 11.8 Å². The van der Waals surface area contributed by atoms with Crippen molar-refractivity contribution in [3.05, 3.63) is 69.5 Å². The monoisotopic (exact) mass is 440 g/mol. The molecule has 2 aliphatic heterocycles. The van der Waals surface area contributed by atoms with Gasteiger partial charge in [0.1, 0.15) is 5.82 Å². The molecule has 1 saturated heterocycles. The summed E-state index contributed by atoms with van der Waals surface area (Å²) >= 11 is 0. The van der Waals surface area contributed by atoms with E-state index in [4.69, 9.17) is 0 Å². The lowest BCUT2D eigenvalue weighted by atomic mass is 9.83. The van der Waals surface area contributed by atoms with Crippen LogP contribution in [0, 0.1) is 27.8 Å². The van der Waals surface area contributed by atoms with E-state index in [1.807, 2.05) is 6.07 Å². The van der Waals surface area contributed by atoms with E-state index in [1.165, 1.54) is 12.1 Å². The molecule has 2 aromatic rings. The summed E-state index contributed by atoms with van der Waals surface area (Å²) in [4.78, 5) is 28.6. The highest BCUT2D eigenvalue weighted by molar-refractivity contribution is 5.82. The first-order chi connectivity index (χ1) is 15.3. The minimum atomic E-state index is -0.388. The van der Waals surface area contributed by atoms with Crippen molar-refractivity contribution >= 4 is 17.3 Å². The lowest BCUT2D eigenvalue weighted by molar-refractivity contribution is -0.384. The van der Waals surface area contributed by atoms with Gasteiger partial charge in [0, 0.05) is 50.5 Å². The molecule has 1 N–H and O–H groups in total. The number of benzene rings is 2. The van der Waals surface area contributed by atoms with Crippen molar-refractivity contribution in [1.82, 2.24) is 10.2 Å². The van der Waals surface area contributed by atoms with Crippen LogP contribution in [0.25, 0.3) is 0 Å². The van der Waals surface area contributed by atoms with E-state index >= 15 is 0 Å². The highest BCUT2D eigenvalue weighted by atomic mass is 19.1. The van der Waals surface area contributed by atoms with Crippen LogP contribution in [0.2, 0.25) is 0 Å². The Bertz CT molecular complexity index is 995. The molecule has 0 saturated carbocycles. The fourth-order valence-corrected chi connectivity index (χ4v) is 4.71. The van der Waals surface area contributed by atoms with Gasteiger partial charge in [0.2, 0.25) is 5.91 Å². The number of nitro benzene ring substituents is 1. The molecule has 2 aliphatic rings. The molecule has 8 heteroatoms. The van der Waals surface area contributed by atoms with Gasteiger partial charge in [-0.2, -0.15) is 0 Å². The van der Waals surface area contributed by atoms with Crippen LogP contribution in [0.4, 0.5) is 15.8 Å². The molecule has 0 aromatic heterocycles. The van der Waals surface area contributed by atoms with Crippen LogP contribution in [-0.4, -0.2) is 48.0 Å². The first kappa shape index (κ1) is 22.2. The summed E-state index contributed by atoms with van der Waals surface area (Å²) in [5.41, 5.74) is 2.92. The number of nitrogens with one attached hydrogen (secondary N) is 1. The molecule has 2 atom stereocenters. The third kappa shape index (κ3) is 4.75. The molecule has 1 fully saturated rings. The van der Waals surface area contributed by atoms with E-state index in [9.17, 15) is 19.3 Å². The van der Waals surface area contributed by atoms with Crippen LogP contribution in [0.1, 0.15) is 25.0 Å². The summed E-state index contributed by atoms with van der Waals surface area (Å²) < 4.78 is 13.3. The second-order valence-electron chi connectivity index (χ2n) is 9.14. The van der Waals surface area contributed by atoms with E-state index in [-0.39, 0.29) is 34.3 Å². The van der Waals surface area contributed by atoms with Gasteiger partial charge >= 0.3 is 0 Å². The highest BCUT2D eigenvalue weighted by Gasteiger charge is 2.41. The standard InChI is InChI=1S/C24H29FN4O3/c1-16(2)13-26-24(30)21-12-18-11-20(29(31)32)7-8-22(18)28-10-9-27(15-23(21)28)14-17-3-5-19(25)6-4-17/h3-8,11,16,21,23H,9-10,12-15H2,1-2H3,(H,26,30). The predicted octanol–water partition coefficient (Wildman–Crippen LogP) is 3.37. The largest absolute Gasteiger partial charge is 0.365 e. The zero-order valence-corrected chi connectivity index (χ0v) is 18.5. The summed E-state index contributed by atoms with van der Waals surface area (Å²) in [6.07, 6.45) is 0.479. The molecule has 7 nitrogen and oxygen atoms in total. The summed E-state index contributed by atoms with van der Waals surface area (Å²) in [6.45, 7) is 7.62. The fourth-order valence-electron chi connectivity index (χ4n) is 4.71. The number of nitrogens with zero attached hydrogens (tertiary/aromatic N) is 3. The van der Waals surface area contributed by atoms with Crippen LogP contribution in [0.15, 0.2) is 42.5 Å². The number of non-ortho nitro benzene ring substituents is 1. The lowest BCUT2D eigenvalue weighted by Gasteiger charge is -2.49. The average Bonchev–Trinajstić information content (AvgIpc) is 2.77. The molecule has 2 heterocycles. The number of anilines is 1. The lowest BCUT2D eigenvalue weighted by Crippen LogP contribution is -2.61. The van der Waals surface area contributed by atoms with Gasteiger partial charge in [0.15, 0.2) is 0 Å². The predicted molar refractivity (Wildman–Crippen MR) is 121 cm³/mol. The first-order valence-corrected chi connectivity index (χ1v) is 11.1. The van der Waals surface area contributed by atoms with Crippen LogP contribution in [0.5, 0.6) is 0 Å². The van der Waals surface area contributed by atoms with Crippen LogP contribution in [0.3, 0.4) is 0 Å². The maximum atomic E-state index is 13.3. The quantitative estimate of drug-likeness (QED) is 0.550. The molecular weight excluding hydrogens is 411 g/mol. The third-order valence-corrected chi connectivity index (χ3v) is 6.33. The van der Waals surface area contributed by atoms with E-state index in [2.05, 4.69) is 29.0 Å². The normalized spacial score (nSPS) is 20.6. The van der Waals surface area contributed by atoms with Gasteiger partial charge in [-0.1, -0.05) is 26.0 Å². The molecule has 32 heavy (non-hydrogen) atoms. The summed E-state index contributed by atoms with van der Waals surface area (Å²) in [6, 6.07) is 11.5. The van der Waals surface area contributed by atoms with E-state index in [0.29, 0.717) is 32.0 Å². The maximum absolute atomic E-state index is 13.3. The van der Waals surface area contributed by atoms with Crippen molar-refractivity contribution < 1.29 is 14.1 Å². The number of hydrogen-bond acceptors (Lipinski definition) is 5. The number of halogens is 1. The van der Waals surface area contributed by atoms with Gasteiger partial charge in [-0.05, 0) is 41.7 Å². The molecular formula is C24H29FN4O3. The van der Waals surface area contributed by atoms with Crippen LogP contribution >= 0.6 is 0 Å². The molecule has 1 amide bonds. The van der Waals surface area contributed by atoms with Crippen molar-refractivity contribution in [1.29, 1.82) is 0 Å². The van der Waals surface area contributed by atoms with Crippen molar-refractivity contribution in [3.63, 3.8) is 0 Å². The first-order valence-electron chi connectivity index (χ1n) is 11.1. The van der Waals surface area contributed by atoms with E-state index in [1.54, 1.807) is 24.3 Å². The Morgan fingerprint density at radius 3 is 2.66 bits per heavy atom. The number of amides is 1. The van der Waals surface area contributed by atoms with Gasteiger partial charge < -0.3 is 10.2 Å². The van der Waals surface area contributed by atoms with Crippen molar-refractivity contribution in [3.8, 4) is 0 Å². The van der Waals surface area contributed by atoms with Gasteiger partial charge in [-0.15, -0.1) is 0 Å². The topological polar surface area (TPSA) is 78.7 Å². The van der Waals surface area contributed by atoms with Gasteiger partial charge in [-0.3, -0.25) is 19.8 Å². The Hall–Kier alpha value is -3.00. The molecule has 4 rings (SSSR count). The number of piperazine rings is 1. The molecule has 2 unspecified atom stereocenters. The van der Waals surface area contributed by atoms with Gasteiger partial charge in [0.25, 0.3) is 5.69 Å². The minimum absolute atomic E-state index is 0.00510. The number of rotatable bonds is 6. The Labute approximate surface area is 187 Å². The summed E-state index contributed by atoms with van der Waals surface area (Å²) in [5.74, 6) is -0.208. The van der Waals surface area contributed by atoms with E-state index < -0.39 is 0 Å². The zero-order chi connectivity index (χ0) is 22.8. The van der Waals surface area contributed by atoms with E-state index in [0.717, 1.165) is 29.9 Å². The molecule has 0 bridgehead atoms. The number of carbonyl (C=O) groups excluding carboxylic acids is 1. The smallest absolute Gasteiger partial charge is 0.269 e. The highest BCUT2D eigenvalue weighted by Crippen LogP contribution is 2.38. The zero-order valence-electron chi connectivity index (χ0n) is 18.5. The molecule has 2 aromatic carbocycles. The minimum Gasteiger partial charge on any atom is -0.365 e. The van der Waals surface area contributed by atoms with Crippen molar-refractivity contribution in [2.75, 3.05) is 31.1 Å². The molecule has 0 aliphatic carbocycles. The van der Waals surface area contributed by atoms with Crippen molar-refractivity contribution in [2.45, 2.75) is 32.9 Å².